The first-order valence-corrected chi connectivity index (χ1v) is 11.0. The number of benzene rings is 2. The van der Waals surface area contributed by atoms with E-state index in [1.54, 1.807) is 17.9 Å². The van der Waals surface area contributed by atoms with Crippen LogP contribution >= 0.6 is 0 Å². The van der Waals surface area contributed by atoms with Crippen molar-refractivity contribution in [1.82, 2.24) is 9.80 Å². The number of carbonyl (C=O) groups excluding carboxylic acids is 1. The number of carboxylic acid groups (broad SMARTS) is 1. The molecule has 2 N–H and O–H groups in total. The Morgan fingerprint density at radius 2 is 1.81 bits per heavy atom. The van der Waals surface area contributed by atoms with Gasteiger partial charge >= 0.3 is 12.1 Å². The van der Waals surface area contributed by atoms with Crippen LogP contribution in [0.25, 0.3) is 0 Å². The molecule has 0 spiro atoms. The molecule has 2 heterocycles. The maximum Gasteiger partial charge on any atom is 0.410 e. The predicted octanol–water partition coefficient (Wildman–Crippen LogP) is 4.02. The molecule has 2 aliphatic heterocycles. The molecule has 170 valence electrons. The van der Waals surface area contributed by atoms with Gasteiger partial charge in [-0.1, -0.05) is 36.4 Å². The summed E-state index contributed by atoms with van der Waals surface area (Å²) in [4.78, 5) is 28.0. The molecule has 1 atom stereocenters. The molecule has 0 aliphatic carbocycles. The van der Waals surface area contributed by atoms with E-state index in [4.69, 9.17) is 4.74 Å². The molecule has 2 fully saturated rings. The monoisotopic (exact) mass is 438 g/mol. The molecule has 2 saturated heterocycles. The van der Waals surface area contributed by atoms with Crippen molar-refractivity contribution >= 4 is 12.1 Å². The normalized spacial score (nSPS) is 22.2. The molecular weight excluding hydrogens is 408 g/mol. The first-order chi connectivity index (χ1) is 15.2. The van der Waals surface area contributed by atoms with Gasteiger partial charge in [0.1, 0.15) is 16.9 Å². The van der Waals surface area contributed by atoms with Gasteiger partial charge in [0.25, 0.3) is 0 Å². The van der Waals surface area contributed by atoms with Crippen molar-refractivity contribution in [3.8, 4) is 5.75 Å². The first-order valence-electron chi connectivity index (χ1n) is 11.0. The lowest BCUT2D eigenvalue weighted by molar-refractivity contribution is -0.00713. The number of carbonyl (C=O) groups is 2. The van der Waals surface area contributed by atoms with Gasteiger partial charge in [-0.25, -0.2) is 9.59 Å². The molecule has 2 aromatic carbocycles. The van der Waals surface area contributed by atoms with Crippen molar-refractivity contribution in [3.63, 3.8) is 0 Å². The van der Waals surface area contributed by atoms with Crippen LogP contribution in [0.2, 0.25) is 0 Å². The zero-order valence-electron chi connectivity index (χ0n) is 18.6. The molecule has 0 saturated carbocycles. The minimum atomic E-state index is -1.12. The minimum Gasteiger partial charge on any atom is -0.507 e. The average Bonchev–Trinajstić information content (AvgIpc) is 3.05. The average molecular weight is 439 g/mol. The van der Waals surface area contributed by atoms with Crippen LogP contribution in [0.1, 0.15) is 46.8 Å². The summed E-state index contributed by atoms with van der Waals surface area (Å²) >= 11 is 0. The highest BCUT2D eigenvalue weighted by Crippen LogP contribution is 2.37. The van der Waals surface area contributed by atoms with Crippen LogP contribution in [-0.2, 0) is 17.8 Å². The molecule has 1 amide bonds. The third-order valence-electron chi connectivity index (χ3n) is 6.75. The van der Waals surface area contributed by atoms with Crippen molar-refractivity contribution in [3.05, 3.63) is 64.7 Å². The number of amides is 1. The van der Waals surface area contributed by atoms with Gasteiger partial charge in [0.2, 0.25) is 0 Å². The third-order valence-corrected chi connectivity index (χ3v) is 6.75. The van der Waals surface area contributed by atoms with Gasteiger partial charge in [-0.15, -0.1) is 0 Å². The minimum absolute atomic E-state index is 0.0567. The fourth-order valence-electron chi connectivity index (χ4n) is 4.95. The smallest absolute Gasteiger partial charge is 0.410 e. The number of cyclic esters (lactones) is 1. The Morgan fingerprint density at radius 3 is 2.47 bits per heavy atom. The molecule has 32 heavy (non-hydrogen) atoms. The number of hydrogen-bond acceptors (Lipinski definition) is 5. The molecule has 4 rings (SSSR count). The van der Waals surface area contributed by atoms with Gasteiger partial charge in [0.15, 0.2) is 0 Å². The van der Waals surface area contributed by atoms with Crippen LogP contribution in [0.15, 0.2) is 42.5 Å². The lowest BCUT2D eigenvalue weighted by atomic mass is 9.81. The topological polar surface area (TPSA) is 90.3 Å². The molecule has 7 heteroatoms. The van der Waals surface area contributed by atoms with E-state index < -0.39 is 11.6 Å². The number of aromatic carboxylic acids is 1. The Kier molecular flexibility index (Phi) is 6.11. The number of rotatable bonds is 6. The van der Waals surface area contributed by atoms with E-state index in [1.807, 2.05) is 43.3 Å². The van der Waals surface area contributed by atoms with E-state index in [0.29, 0.717) is 25.2 Å². The van der Waals surface area contributed by atoms with Crippen molar-refractivity contribution in [2.75, 3.05) is 19.6 Å². The summed E-state index contributed by atoms with van der Waals surface area (Å²) in [5.41, 5.74) is 1.98. The second kappa shape index (κ2) is 8.82. The molecule has 0 bridgehead atoms. The van der Waals surface area contributed by atoms with E-state index in [2.05, 4.69) is 4.90 Å². The van der Waals surface area contributed by atoms with Crippen molar-refractivity contribution in [2.45, 2.75) is 45.4 Å². The zero-order valence-corrected chi connectivity index (χ0v) is 18.6. The Labute approximate surface area is 188 Å². The maximum atomic E-state index is 12.5. The molecule has 0 radical (unpaired) electrons. The second-order valence-corrected chi connectivity index (χ2v) is 9.19. The summed E-state index contributed by atoms with van der Waals surface area (Å²) in [6, 6.07) is 13.3. The Morgan fingerprint density at radius 1 is 1.12 bits per heavy atom. The number of carboxylic acids is 1. The maximum absolute atomic E-state index is 12.5. The van der Waals surface area contributed by atoms with E-state index >= 15 is 0 Å². The fourth-order valence-corrected chi connectivity index (χ4v) is 4.95. The third kappa shape index (κ3) is 4.58. The number of ether oxygens (including phenoxy) is 1. The second-order valence-electron chi connectivity index (χ2n) is 9.19. The van der Waals surface area contributed by atoms with Crippen molar-refractivity contribution in [2.24, 2.45) is 5.92 Å². The van der Waals surface area contributed by atoms with Crippen LogP contribution in [0.5, 0.6) is 5.75 Å². The standard InChI is InChI=1S/C25H30N2O5/c1-17-12-19(13-21(22(17)28)23(29)30)14-26-10-8-20(9-11-26)25(2)16-27(24(31)32-25)15-18-6-4-3-5-7-18/h3-7,12-13,20,28H,8-11,14-16H2,1-2H3,(H,29,30)/t25-/m0/s1. The van der Waals surface area contributed by atoms with Crippen molar-refractivity contribution in [1.29, 1.82) is 0 Å². The molecule has 7 nitrogen and oxygen atoms in total. The Balaban J connectivity index is 1.36. The van der Waals surface area contributed by atoms with Crippen LogP contribution < -0.4 is 0 Å². The molecule has 0 unspecified atom stereocenters. The fraction of sp³-hybridized carbons (Fsp3) is 0.440. The van der Waals surface area contributed by atoms with E-state index in [-0.39, 0.29) is 23.3 Å². The summed E-state index contributed by atoms with van der Waals surface area (Å²) < 4.78 is 5.87. The lowest BCUT2D eigenvalue weighted by Gasteiger charge is -2.39. The van der Waals surface area contributed by atoms with Gasteiger partial charge in [0, 0.05) is 19.0 Å². The molecule has 0 aromatic heterocycles. The predicted molar refractivity (Wildman–Crippen MR) is 120 cm³/mol. The summed E-state index contributed by atoms with van der Waals surface area (Å²) in [6.45, 7) is 7.22. The number of aryl methyl sites for hydroxylation is 1. The van der Waals surface area contributed by atoms with E-state index in [0.717, 1.165) is 37.1 Å². The van der Waals surface area contributed by atoms with Gasteiger partial charge in [-0.3, -0.25) is 9.80 Å². The van der Waals surface area contributed by atoms with Crippen LogP contribution in [0.4, 0.5) is 4.79 Å². The Hall–Kier alpha value is -3.06. The Bertz CT molecular complexity index is 1000. The van der Waals surface area contributed by atoms with Crippen LogP contribution in [-0.4, -0.2) is 57.3 Å². The quantitative estimate of drug-likeness (QED) is 0.708. The van der Waals surface area contributed by atoms with Gasteiger partial charge in [-0.05, 0) is 62.5 Å². The van der Waals surface area contributed by atoms with Crippen LogP contribution in [0, 0.1) is 12.8 Å². The number of aromatic hydroxyl groups is 1. The largest absolute Gasteiger partial charge is 0.507 e. The number of likely N-dealkylation sites (tertiary alicyclic amines) is 1. The van der Waals surface area contributed by atoms with Gasteiger partial charge in [-0.2, -0.15) is 0 Å². The summed E-state index contributed by atoms with van der Waals surface area (Å²) in [6.07, 6.45) is 1.57. The van der Waals surface area contributed by atoms with Crippen molar-refractivity contribution < 1.29 is 24.5 Å². The van der Waals surface area contributed by atoms with Crippen LogP contribution in [0.3, 0.4) is 0 Å². The summed E-state index contributed by atoms with van der Waals surface area (Å²) in [5.74, 6) is -1.02. The zero-order chi connectivity index (χ0) is 22.9. The molecular formula is C25H30N2O5. The van der Waals surface area contributed by atoms with E-state index in [1.165, 1.54) is 0 Å². The summed E-state index contributed by atoms with van der Waals surface area (Å²) in [7, 11) is 0. The van der Waals surface area contributed by atoms with Gasteiger partial charge < -0.3 is 14.9 Å². The number of hydrogen-bond donors (Lipinski definition) is 2. The summed E-state index contributed by atoms with van der Waals surface area (Å²) in [5, 5.41) is 19.3. The highest BCUT2D eigenvalue weighted by atomic mass is 16.6. The number of phenols is 1. The number of piperidine rings is 1. The van der Waals surface area contributed by atoms with E-state index in [9.17, 15) is 19.8 Å². The highest BCUT2D eigenvalue weighted by molar-refractivity contribution is 5.91. The highest BCUT2D eigenvalue weighted by Gasteiger charge is 2.47. The lowest BCUT2D eigenvalue weighted by Crippen LogP contribution is -2.45. The van der Waals surface area contributed by atoms with Gasteiger partial charge in [0.05, 0.1) is 6.54 Å². The first kappa shape index (κ1) is 22.1. The molecule has 2 aromatic rings. The SMILES string of the molecule is Cc1cc(CN2CCC([C@]3(C)CN(Cc4ccccc4)C(=O)O3)CC2)cc(C(=O)O)c1O. The molecule has 2 aliphatic rings. The number of nitrogens with zero attached hydrogens (tertiary/aromatic N) is 2.